The van der Waals surface area contributed by atoms with Crippen molar-refractivity contribution >= 4 is 5.91 Å². The third-order valence-electron chi connectivity index (χ3n) is 4.26. The molecule has 5 heteroatoms. The lowest BCUT2D eigenvalue weighted by molar-refractivity contribution is -0.151. The minimum Gasteiger partial charge on any atom is -0.265 e. The molecule has 0 aromatic heterocycles. The number of hydrogen-bond acceptors (Lipinski definition) is 1. The van der Waals surface area contributed by atoms with Crippen molar-refractivity contribution in [3.05, 3.63) is 0 Å². The van der Waals surface area contributed by atoms with E-state index >= 15 is 0 Å². The SMILES string of the molecule is CCCCCCCCCCCCCCCCC(F)(F)C(=O)NF. The first-order chi connectivity index (χ1) is 11.0. The summed E-state index contributed by atoms with van der Waals surface area (Å²) < 4.78 is 37.7. The molecule has 0 aliphatic rings. The van der Waals surface area contributed by atoms with Crippen molar-refractivity contribution in [1.29, 1.82) is 0 Å². The van der Waals surface area contributed by atoms with Crippen LogP contribution < -0.4 is 5.54 Å². The quantitative estimate of drug-likeness (QED) is 0.253. The van der Waals surface area contributed by atoms with Gasteiger partial charge in [-0.25, -0.2) is 0 Å². The molecule has 0 aromatic carbocycles. The molecule has 0 aromatic rings. The van der Waals surface area contributed by atoms with Crippen LogP contribution in [0, 0.1) is 0 Å². The maximum atomic E-state index is 13.0. The minimum atomic E-state index is -3.58. The van der Waals surface area contributed by atoms with E-state index in [4.69, 9.17) is 0 Å². The molecule has 0 saturated carbocycles. The lowest BCUT2D eigenvalue weighted by atomic mass is 10.0. The molecule has 0 atom stereocenters. The van der Waals surface area contributed by atoms with Gasteiger partial charge in [0.05, 0.1) is 0 Å². The van der Waals surface area contributed by atoms with E-state index in [1.54, 1.807) is 0 Å². The van der Waals surface area contributed by atoms with Crippen molar-refractivity contribution in [2.24, 2.45) is 0 Å². The Kier molecular flexibility index (Phi) is 14.4. The molecule has 0 bridgehead atoms. The highest BCUT2D eigenvalue weighted by Gasteiger charge is 2.38. The molecule has 0 fully saturated rings. The molecule has 0 unspecified atom stereocenters. The molecule has 0 radical (unpaired) electrons. The van der Waals surface area contributed by atoms with E-state index in [0.717, 1.165) is 19.3 Å². The summed E-state index contributed by atoms with van der Waals surface area (Å²) in [5.41, 5.74) is 0.516. The summed E-state index contributed by atoms with van der Waals surface area (Å²) in [7, 11) is 0. The predicted octanol–water partition coefficient (Wildman–Crippen LogP) is 6.49. The van der Waals surface area contributed by atoms with Crippen molar-refractivity contribution < 1.29 is 18.1 Å². The molecular weight excluding hydrogens is 303 g/mol. The first kappa shape index (κ1) is 22.3. The Labute approximate surface area is 139 Å². The Morgan fingerprint density at radius 2 is 1.09 bits per heavy atom. The second kappa shape index (κ2) is 14.8. The number of rotatable bonds is 16. The van der Waals surface area contributed by atoms with E-state index in [-0.39, 0.29) is 6.42 Å². The lowest BCUT2D eigenvalue weighted by Crippen LogP contribution is -2.36. The highest BCUT2D eigenvalue weighted by molar-refractivity contribution is 5.82. The van der Waals surface area contributed by atoms with Gasteiger partial charge in [0.2, 0.25) is 0 Å². The number of unbranched alkanes of at least 4 members (excludes halogenated alkanes) is 13. The van der Waals surface area contributed by atoms with Gasteiger partial charge in [-0.2, -0.15) is 14.3 Å². The van der Waals surface area contributed by atoms with Crippen LogP contribution in [-0.4, -0.2) is 11.8 Å². The van der Waals surface area contributed by atoms with Gasteiger partial charge in [-0.3, -0.25) is 4.79 Å². The third-order valence-corrected chi connectivity index (χ3v) is 4.26. The molecule has 2 nitrogen and oxygen atoms in total. The maximum Gasteiger partial charge on any atom is 0.327 e. The van der Waals surface area contributed by atoms with E-state index in [1.807, 2.05) is 0 Å². The van der Waals surface area contributed by atoms with Gasteiger partial charge in [0.15, 0.2) is 0 Å². The Balaban J connectivity index is 3.24. The largest absolute Gasteiger partial charge is 0.327 e. The summed E-state index contributed by atoms with van der Waals surface area (Å²) in [5.74, 6) is -5.40. The Morgan fingerprint density at radius 1 is 0.739 bits per heavy atom. The number of alkyl halides is 2. The van der Waals surface area contributed by atoms with E-state index < -0.39 is 18.3 Å². The Morgan fingerprint density at radius 3 is 1.43 bits per heavy atom. The minimum absolute atomic E-state index is 0.262. The second-order valence-corrected chi connectivity index (χ2v) is 6.47. The normalized spacial score (nSPS) is 11.7. The van der Waals surface area contributed by atoms with Crippen molar-refractivity contribution in [1.82, 2.24) is 5.54 Å². The fraction of sp³-hybridized carbons (Fsp3) is 0.944. The molecule has 0 spiro atoms. The van der Waals surface area contributed by atoms with Crippen molar-refractivity contribution in [3.63, 3.8) is 0 Å². The molecule has 0 heterocycles. The van der Waals surface area contributed by atoms with Gasteiger partial charge >= 0.3 is 11.8 Å². The fourth-order valence-electron chi connectivity index (χ4n) is 2.72. The van der Waals surface area contributed by atoms with Gasteiger partial charge in [-0.15, -0.1) is 4.48 Å². The molecule has 23 heavy (non-hydrogen) atoms. The summed E-state index contributed by atoms with van der Waals surface area (Å²) in [5, 5.41) is 0. The molecule has 138 valence electrons. The molecule has 0 rings (SSSR count). The van der Waals surface area contributed by atoms with Gasteiger partial charge in [-0.1, -0.05) is 90.4 Å². The summed E-state index contributed by atoms with van der Waals surface area (Å²) in [4.78, 5) is 10.6. The average molecular weight is 337 g/mol. The zero-order chi connectivity index (χ0) is 17.4. The number of nitrogens with one attached hydrogen (secondary N) is 1. The highest BCUT2D eigenvalue weighted by atomic mass is 19.3. The topological polar surface area (TPSA) is 29.1 Å². The van der Waals surface area contributed by atoms with Crippen LogP contribution in [-0.2, 0) is 4.79 Å². The first-order valence-corrected chi connectivity index (χ1v) is 9.33. The van der Waals surface area contributed by atoms with E-state index in [9.17, 15) is 18.1 Å². The van der Waals surface area contributed by atoms with Crippen LogP contribution in [0.15, 0.2) is 0 Å². The molecule has 1 N–H and O–H groups in total. The summed E-state index contributed by atoms with van der Waals surface area (Å²) in [6.07, 6.45) is 15.3. The van der Waals surface area contributed by atoms with Crippen LogP contribution in [0.3, 0.4) is 0 Å². The van der Waals surface area contributed by atoms with Crippen LogP contribution >= 0.6 is 0 Å². The second-order valence-electron chi connectivity index (χ2n) is 6.47. The molecule has 0 aliphatic carbocycles. The Hall–Kier alpha value is -0.740. The van der Waals surface area contributed by atoms with Crippen molar-refractivity contribution in [3.8, 4) is 0 Å². The number of halogens is 3. The van der Waals surface area contributed by atoms with Gasteiger partial charge in [0.1, 0.15) is 0 Å². The number of carbonyl (C=O) groups is 1. The molecular formula is C18H34F3NO. The van der Waals surface area contributed by atoms with Crippen LogP contribution in [0.5, 0.6) is 0 Å². The fourth-order valence-corrected chi connectivity index (χ4v) is 2.72. The average Bonchev–Trinajstić information content (AvgIpc) is 2.54. The summed E-state index contributed by atoms with van der Waals surface area (Å²) in [6, 6.07) is 0. The lowest BCUT2D eigenvalue weighted by Gasteiger charge is -2.12. The van der Waals surface area contributed by atoms with Gasteiger partial charge in [-0.05, 0) is 6.42 Å². The third kappa shape index (κ3) is 13.4. The number of carbonyl (C=O) groups excluding carboxylic acids is 1. The zero-order valence-corrected chi connectivity index (χ0v) is 14.6. The Bertz CT molecular complexity index is 285. The van der Waals surface area contributed by atoms with Gasteiger partial charge in [0, 0.05) is 6.42 Å². The van der Waals surface area contributed by atoms with Crippen LogP contribution in [0.4, 0.5) is 13.3 Å². The predicted molar refractivity (Wildman–Crippen MR) is 89.1 cm³/mol. The standard InChI is InChI=1S/C18H34F3NO/c1-2-3-4-5-6-7-8-9-10-11-12-13-14-15-16-18(19,20)17(23)22-21/h2-16H2,1H3,(H,22,23). The summed E-state index contributed by atoms with van der Waals surface area (Å²) >= 11 is 0. The van der Waals surface area contributed by atoms with Crippen molar-refractivity contribution in [2.45, 2.75) is 109 Å². The molecule has 0 saturated heterocycles. The monoisotopic (exact) mass is 337 g/mol. The van der Waals surface area contributed by atoms with E-state index in [0.29, 0.717) is 12.0 Å². The van der Waals surface area contributed by atoms with Crippen molar-refractivity contribution in [2.75, 3.05) is 0 Å². The van der Waals surface area contributed by atoms with E-state index in [1.165, 1.54) is 57.8 Å². The summed E-state index contributed by atoms with van der Waals surface area (Å²) in [6.45, 7) is 2.23. The van der Waals surface area contributed by atoms with Crippen LogP contribution in [0.2, 0.25) is 0 Å². The van der Waals surface area contributed by atoms with E-state index in [2.05, 4.69) is 6.92 Å². The zero-order valence-electron chi connectivity index (χ0n) is 14.6. The first-order valence-electron chi connectivity index (χ1n) is 9.33. The van der Waals surface area contributed by atoms with Gasteiger partial charge < -0.3 is 0 Å². The van der Waals surface area contributed by atoms with Crippen LogP contribution in [0.25, 0.3) is 0 Å². The highest BCUT2D eigenvalue weighted by Crippen LogP contribution is 2.22. The maximum absolute atomic E-state index is 13.0. The molecule has 1 amide bonds. The smallest absolute Gasteiger partial charge is 0.265 e. The van der Waals surface area contributed by atoms with Gasteiger partial charge in [0.25, 0.3) is 0 Å². The number of amides is 1. The van der Waals surface area contributed by atoms with Crippen LogP contribution in [0.1, 0.15) is 103 Å². The molecule has 0 aliphatic heterocycles. The number of hydrogen-bond donors (Lipinski definition) is 1.